The summed E-state index contributed by atoms with van der Waals surface area (Å²) < 4.78 is 31.4. The Kier molecular flexibility index (Phi) is 3.36. The topological polar surface area (TPSA) is 76.7 Å². The van der Waals surface area contributed by atoms with Crippen LogP contribution in [-0.4, -0.2) is 20.2 Å². The van der Waals surface area contributed by atoms with E-state index >= 15 is 0 Å². The minimum Gasteiger partial charge on any atom is -0.423 e. The van der Waals surface area contributed by atoms with Crippen molar-refractivity contribution in [3.8, 4) is 0 Å². The molecule has 1 aromatic carbocycles. The summed E-state index contributed by atoms with van der Waals surface area (Å²) in [6, 6.07) is 6.99. The van der Waals surface area contributed by atoms with Gasteiger partial charge >= 0.3 is 0 Å². The Labute approximate surface area is 130 Å². The van der Waals surface area contributed by atoms with Crippen molar-refractivity contribution in [2.45, 2.75) is 31.7 Å². The van der Waals surface area contributed by atoms with E-state index in [1.54, 1.807) is 24.3 Å². The summed E-state index contributed by atoms with van der Waals surface area (Å²) in [4.78, 5) is 7.78. The molecule has 4 rings (SSSR count). The van der Waals surface area contributed by atoms with Crippen LogP contribution in [0.3, 0.4) is 0 Å². The molecule has 8 heteroatoms. The van der Waals surface area contributed by atoms with Crippen LogP contribution in [0.15, 0.2) is 28.7 Å². The van der Waals surface area contributed by atoms with Gasteiger partial charge in [-0.25, -0.2) is 18.7 Å². The molecule has 2 aromatic heterocycles. The Morgan fingerprint density at radius 1 is 1.17 bits per heavy atom. The molecule has 0 bridgehead atoms. The molecule has 0 spiro atoms. The third-order valence-corrected chi connectivity index (χ3v) is 3.63. The molecular formula is C15H13F2N5O. The van der Waals surface area contributed by atoms with Crippen molar-refractivity contribution >= 4 is 16.7 Å². The molecule has 0 radical (unpaired) electrons. The molecule has 1 aliphatic rings. The van der Waals surface area contributed by atoms with Crippen LogP contribution in [-0.2, 0) is 6.54 Å². The van der Waals surface area contributed by atoms with Crippen molar-refractivity contribution in [3.05, 3.63) is 41.9 Å². The lowest BCUT2D eigenvalue weighted by molar-refractivity contribution is 0.141. The number of nitrogens with zero attached hydrogens (tertiary/aromatic N) is 4. The van der Waals surface area contributed by atoms with E-state index in [1.807, 2.05) is 0 Å². The summed E-state index contributed by atoms with van der Waals surface area (Å²) in [5.41, 5.74) is 0.462. The fourth-order valence-electron chi connectivity index (χ4n) is 2.32. The van der Waals surface area contributed by atoms with Crippen molar-refractivity contribution in [1.82, 2.24) is 20.2 Å². The third kappa shape index (κ3) is 2.84. The van der Waals surface area contributed by atoms with Gasteiger partial charge in [0.15, 0.2) is 5.82 Å². The first-order valence-corrected chi connectivity index (χ1v) is 7.31. The molecule has 2 heterocycles. The van der Waals surface area contributed by atoms with Crippen LogP contribution in [0.2, 0.25) is 0 Å². The zero-order valence-electron chi connectivity index (χ0n) is 12.0. The van der Waals surface area contributed by atoms with E-state index in [9.17, 15) is 8.78 Å². The lowest BCUT2D eigenvalue weighted by Crippen LogP contribution is -2.06. The Balaban J connectivity index is 1.61. The highest BCUT2D eigenvalue weighted by Gasteiger charge is 2.29. The minimum absolute atomic E-state index is 0.226. The molecule has 118 valence electrons. The number of nitrogens with one attached hydrogen (secondary N) is 1. The van der Waals surface area contributed by atoms with Crippen molar-refractivity contribution in [2.75, 3.05) is 5.32 Å². The molecule has 1 N–H and O–H groups in total. The second-order valence-corrected chi connectivity index (χ2v) is 5.41. The summed E-state index contributed by atoms with van der Waals surface area (Å²) in [6.07, 6.45) is -0.586. The Hall–Kier alpha value is -2.64. The standard InChI is InChI=1S/C15H13F2N5O/c16-12(17)14-19-10-4-2-1-3-9(10)13(20-14)18-7-11-21-22-15(23-11)8-5-6-8/h1-4,8,12H,5-7H2,(H,18,19,20). The Bertz CT molecular complexity index is 847. The average molecular weight is 317 g/mol. The third-order valence-electron chi connectivity index (χ3n) is 3.63. The number of benzene rings is 1. The molecule has 3 aromatic rings. The second kappa shape index (κ2) is 5.53. The van der Waals surface area contributed by atoms with E-state index in [0.29, 0.717) is 34.4 Å². The van der Waals surface area contributed by atoms with Crippen molar-refractivity contribution in [1.29, 1.82) is 0 Å². The van der Waals surface area contributed by atoms with Gasteiger partial charge in [-0.3, -0.25) is 0 Å². The van der Waals surface area contributed by atoms with E-state index in [0.717, 1.165) is 12.8 Å². The van der Waals surface area contributed by atoms with Crippen molar-refractivity contribution < 1.29 is 13.2 Å². The maximum atomic E-state index is 12.9. The van der Waals surface area contributed by atoms with Gasteiger partial charge in [0.25, 0.3) is 6.43 Å². The van der Waals surface area contributed by atoms with Gasteiger partial charge in [-0.15, -0.1) is 10.2 Å². The maximum Gasteiger partial charge on any atom is 0.297 e. The van der Waals surface area contributed by atoms with Gasteiger partial charge in [0.1, 0.15) is 5.82 Å². The number of fused-ring (bicyclic) bond motifs is 1. The van der Waals surface area contributed by atoms with Crippen molar-refractivity contribution in [2.24, 2.45) is 0 Å². The molecule has 1 aliphatic carbocycles. The van der Waals surface area contributed by atoms with Crippen molar-refractivity contribution in [3.63, 3.8) is 0 Å². The zero-order chi connectivity index (χ0) is 15.8. The predicted molar refractivity (Wildman–Crippen MR) is 78.1 cm³/mol. The van der Waals surface area contributed by atoms with Gasteiger partial charge in [0, 0.05) is 11.3 Å². The lowest BCUT2D eigenvalue weighted by atomic mass is 10.2. The first-order valence-electron chi connectivity index (χ1n) is 7.31. The van der Waals surface area contributed by atoms with Gasteiger partial charge in [-0.1, -0.05) is 12.1 Å². The first-order chi connectivity index (χ1) is 11.2. The molecule has 1 saturated carbocycles. The smallest absolute Gasteiger partial charge is 0.297 e. The lowest BCUT2D eigenvalue weighted by Gasteiger charge is -2.09. The minimum atomic E-state index is -2.73. The maximum absolute atomic E-state index is 12.9. The summed E-state index contributed by atoms with van der Waals surface area (Å²) in [6.45, 7) is 0.226. The highest BCUT2D eigenvalue weighted by atomic mass is 19.3. The Morgan fingerprint density at radius 3 is 2.78 bits per heavy atom. The molecule has 0 aliphatic heterocycles. The van der Waals surface area contributed by atoms with Gasteiger partial charge in [-0.05, 0) is 25.0 Å². The van der Waals surface area contributed by atoms with E-state index in [2.05, 4.69) is 25.5 Å². The first kappa shape index (κ1) is 14.0. The quantitative estimate of drug-likeness (QED) is 0.777. The number of alkyl halides is 2. The van der Waals surface area contributed by atoms with Crippen LogP contribution in [0.5, 0.6) is 0 Å². The highest BCUT2D eigenvalue weighted by Crippen LogP contribution is 2.39. The second-order valence-electron chi connectivity index (χ2n) is 5.41. The predicted octanol–water partition coefficient (Wildman–Crippen LogP) is 3.44. The number of hydrogen-bond donors (Lipinski definition) is 1. The van der Waals surface area contributed by atoms with Crippen LogP contribution in [0.25, 0.3) is 10.9 Å². The van der Waals surface area contributed by atoms with Gasteiger partial charge < -0.3 is 9.73 Å². The average Bonchev–Trinajstić information content (AvgIpc) is 3.31. The number of aromatic nitrogens is 4. The van der Waals surface area contributed by atoms with Gasteiger partial charge in [0.2, 0.25) is 11.8 Å². The molecule has 1 fully saturated rings. The van der Waals surface area contributed by atoms with E-state index in [4.69, 9.17) is 4.42 Å². The summed E-state index contributed by atoms with van der Waals surface area (Å²) in [7, 11) is 0. The summed E-state index contributed by atoms with van der Waals surface area (Å²) in [5, 5.41) is 11.6. The van der Waals surface area contributed by atoms with E-state index in [1.165, 1.54) is 0 Å². The Morgan fingerprint density at radius 2 is 2.00 bits per heavy atom. The molecule has 23 heavy (non-hydrogen) atoms. The van der Waals surface area contributed by atoms with Crippen LogP contribution < -0.4 is 5.32 Å². The van der Waals surface area contributed by atoms with E-state index < -0.39 is 12.2 Å². The number of rotatable bonds is 5. The van der Waals surface area contributed by atoms with Crippen LogP contribution in [0.1, 0.15) is 42.8 Å². The molecule has 0 unspecified atom stereocenters. The van der Waals surface area contributed by atoms with Crippen LogP contribution in [0, 0.1) is 0 Å². The van der Waals surface area contributed by atoms with Crippen LogP contribution in [0.4, 0.5) is 14.6 Å². The number of halogens is 2. The number of anilines is 1. The number of hydrogen-bond acceptors (Lipinski definition) is 6. The molecule has 0 amide bonds. The highest BCUT2D eigenvalue weighted by molar-refractivity contribution is 5.88. The zero-order valence-corrected chi connectivity index (χ0v) is 12.0. The fourth-order valence-corrected chi connectivity index (χ4v) is 2.32. The normalized spacial score (nSPS) is 14.6. The largest absolute Gasteiger partial charge is 0.423 e. The summed E-state index contributed by atoms with van der Waals surface area (Å²) in [5.74, 6) is 1.25. The molecule has 6 nitrogen and oxygen atoms in total. The van der Waals surface area contributed by atoms with Gasteiger partial charge in [-0.2, -0.15) is 0 Å². The van der Waals surface area contributed by atoms with Crippen LogP contribution >= 0.6 is 0 Å². The molecular weight excluding hydrogens is 304 g/mol. The summed E-state index contributed by atoms with van der Waals surface area (Å²) >= 11 is 0. The SMILES string of the molecule is FC(F)c1nc(NCc2nnc(C3CC3)o2)c2ccccc2n1. The fraction of sp³-hybridized carbons (Fsp3) is 0.333. The monoisotopic (exact) mass is 317 g/mol. The van der Waals surface area contributed by atoms with E-state index in [-0.39, 0.29) is 6.54 Å². The molecule has 0 saturated heterocycles. The van der Waals surface area contributed by atoms with Gasteiger partial charge in [0.05, 0.1) is 12.1 Å². The molecule has 0 atom stereocenters. The number of para-hydroxylation sites is 1.